The number of benzene rings is 2. The van der Waals surface area contributed by atoms with E-state index in [2.05, 4.69) is 6.07 Å². The predicted octanol–water partition coefficient (Wildman–Crippen LogP) is 3.93. The van der Waals surface area contributed by atoms with Gasteiger partial charge in [-0.15, -0.1) is 0 Å². The summed E-state index contributed by atoms with van der Waals surface area (Å²) in [5.74, 6) is -0.526. The summed E-state index contributed by atoms with van der Waals surface area (Å²) < 4.78 is 5.32. The lowest BCUT2D eigenvalue weighted by Gasteiger charge is -2.27. The number of para-hydroxylation sites is 1. The molecule has 0 spiro atoms. The molecule has 0 bridgehead atoms. The van der Waals surface area contributed by atoms with Crippen LogP contribution in [0.15, 0.2) is 59.1 Å². The van der Waals surface area contributed by atoms with Crippen molar-refractivity contribution in [2.75, 3.05) is 31.2 Å². The van der Waals surface area contributed by atoms with E-state index in [1.165, 1.54) is 16.7 Å². The molecule has 4 rings (SSSR count). The molecule has 0 saturated carbocycles. The van der Waals surface area contributed by atoms with Gasteiger partial charge in [-0.1, -0.05) is 53.7 Å². The van der Waals surface area contributed by atoms with Crippen LogP contribution in [0.2, 0.25) is 5.02 Å². The molecule has 0 aromatic heterocycles. The SMILES string of the molecule is Cc1ccc(CC2SC(=C(C#N)C(=O)N3CCOCC3)N(c3ccccc3)C2=O)cc1Cl. The molecule has 2 amide bonds. The minimum absolute atomic E-state index is 0.0152. The number of carbonyl (C=O) groups excluding carboxylic acids is 2. The van der Waals surface area contributed by atoms with E-state index < -0.39 is 5.25 Å². The Balaban J connectivity index is 1.71. The van der Waals surface area contributed by atoms with Crippen LogP contribution in [-0.2, 0) is 20.7 Å². The summed E-state index contributed by atoms with van der Waals surface area (Å²) in [5, 5.41) is 10.5. The molecule has 0 N–H and O–H groups in total. The maximum atomic E-state index is 13.5. The Morgan fingerprint density at radius 2 is 1.94 bits per heavy atom. The number of anilines is 1. The van der Waals surface area contributed by atoms with Gasteiger partial charge >= 0.3 is 0 Å². The van der Waals surface area contributed by atoms with Crippen LogP contribution in [0.4, 0.5) is 5.69 Å². The highest BCUT2D eigenvalue weighted by Gasteiger charge is 2.41. The number of thioether (sulfide) groups is 1. The lowest BCUT2D eigenvalue weighted by atomic mass is 10.1. The second kappa shape index (κ2) is 9.78. The minimum Gasteiger partial charge on any atom is -0.378 e. The molecule has 2 aliphatic heterocycles. The quantitative estimate of drug-likeness (QED) is 0.503. The fourth-order valence-corrected chi connectivity index (χ4v) is 5.20. The standard InChI is InChI=1S/C24H22ClN3O3S/c1-16-7-8-17(13-20(16)25)14-21-23(30)28(18-5-3-2-4-6-18)24(32-21)19(15-26)22(29)27-9-11-31-12-10-27/h2-8,13,21H,9-12,14H2,1H3. The molecular formula is C24H22ClN3O3S. The molecule has 0 aliphatic carbocycles. The number of morpholine rings is 1. The van der Waals surface area contributed by atoms with Gasteiger partial charge in [-0.05, 0) is 42.7 Å². The molecule has 2 fully saturated rings. The van der Waals surface area contributed by atoms with Gasteiger partial charge in [0.1, 0.15) is 16.7 Å². The molecular weight excluding hydrogens is 446 g/mol. The van der Waals surface area contributed by atoms with Crippen molar-refractivity contribution in [3.8, 4) is 6.07 Å². The smallest absolute Gasteiger partial charge is 0.267 e. The highest BCUT2D eigenvalue weighted by atomic mass is 35.5. The van der Waals surface area contributed by atoms with Gasteiger partial charge in [0.15, 0.2) is 0 Å². The zero-order chi connectivity index (χ0) is 22.7. The second-order valence-corrected chi connectivity index (χ2v) is 9.20. The largest absolute Gasteiger partial charge is 0.378 e. The number of nitriles is 1. The van der Waals surface area contributed by atoms with E-state index in [-0.39, 0.29) is 17.4 Å². The van der Waals surface area contributed by atoms with E-state index in [1.807, 2.05) is 43.3 Å². The van der Waals surface area contributed by atoms with Crippen molar-refractivity contribution >= 4 is 40.9 Å². The first-order valence-corrected chi connectivity index (χ1v) is 11.6. The Morgan fingerprint density at radius 1 is 1.22 bits per heavy atom. The number of hydrogen-bond acceptors (Lipinski definition) is 5. The fourth-order valence-electron chi connectivity index (χ4n) is 3.69. The first-order chi connectivity index (χ1) is 15.5. The molecule has 2 aromatic carbocycles. The summed E-state index contributed by atoms with van der Waals surface area (Å²) >= 11 is 7.54. The average Bonchev–Trinajstić information content (AvgIpc) is 3.13. The summed E-state index contributed by atoms with van der Waals surface area (Å²) in [5.41, 5.74) is 2.51. The third kappa shape index (κ3) is 4.53. The molecule has 1 unspecified atom stereocenters. The monoisotopic (exact) mass is 467 g/mol. The maximum Gasteiger partial charge on any atom is 0.267 e. The number of amides is 2. The van der Waals surface area contributed by atoms with E-state index in [0.29, 0.717) is 48.5 Å². The van der Waals surface area contributed by atoms with Crippen LogP contribution < -0.4 is 4.90 Å². The van der Waals surface area contributed by atoms with Gasteiger partial charge in [-0.25, -0.2) is 0 Å². The molecule has 1 atom stereocenters. The Kier molecular flexibility index (Phi) is 6.85. The number of carbonyl (C=O) groups is 2. The maximum absolute atomic E-state index is 13.5. The van der Waals surface area contributed by atoms with Gasteiger partial charge in [0.2, 0.25) is 5.91 Å². The highest BCUT2D eigenvalue weighted by Crippen LogP contribution is 2.42. The van der Waals surface area contributed by atoms with Gasteiger partial charge in [0.25, 0.3) is 5.91 Å². The van der Waals surface area contributed by atoms with E-state index in [4.69, 9.17) is 16.3 Å². The van der Waals surface area contributed by atoms with Crippen LogP contribution in [0.3, 0.4) is 0 Å². The van der Waals surface area contributed by atoms with Crippen molar-refractivity contribution < 1.29 is 14.3 Å². The molecule has 6 nitrogen and oxygen atoms in total. The summed E-state index contributed by atoms with van der Waals surface area (Å²) in [6.07, 6.45) is 0.445. The van der Waals surface area contributed by atoms with Crippen molar-refractivity contribution in [2.24, 2.45) is 0 Å². The fraction of sp³-hybridized carbons (Fsp3) is 0.292. The Bertz CT molecular complexity index is 1110. The summed E-state index contributed by atoms with van der Waals surface area (Å²) in [6.45, 7) is 3.64. The molecule has 2 aromatic rings. The second-order valence-electron chi connectivity index (χ2n) is 7.60. The van der Waals surface area contributed by atoms with E-state index in [0.717, 1.165) is 11.1 Å². The predicted molar refractivity (Wildman–Crippen MR) is 125 cm³/mol. The number of aryl methyl sites for hydroxylation is 1. The zero-order valence-electron chi connectivity index (χ0n) is 17.6. The van der Waals surface area contributed by atoms with Gasteiger partial charge in [-0.3, -0.25) is 14.5 Å². The molecule has 32 heavy (non-hydrogen) atoms. The Morgan fingerprint density at radius 3 is 2.59 bits per heavy atom. The third-order valence-corrected chi connectivity index (χ3v) is 7.13. The molecule has 2 saturated heterocycles. The van der Waals surface area contributed by atoms with E-state index in [9.17, 15) is 14.9 Å². The van der Waals surface area contributed by atoms with E-state index in [1.54, 1.807) is 17.0 Å². The van der Waals surface area contributed by atoms with Crippen LogP contribution in [0.5, 0.6) is 0 Å². The van der Waals surface area contributed by atoms with Crippen LogP contribution in [0, 0.1) is 18.3 Å². The van der Waals surface area contributed by atoms with Gasteiger partial charge < -0.3 is 9.64 Å². The van der Waals surface area contributed by atoms with Gasteiger partial charge in [-0.2, -0.15) is 5.26 Å². The van der Waals surface area contributed by atoms with E-state index >= 15 is 0 Å². The molecule has 0 radical (unpaired) electrons. The normalized spacial score (nSPS) is 20.3. The number of halogens is 1. The van der Waals surface area contributed by atoms with Crippen LogP contribution in [0.25, 0.3) is 0 Å². The molecule has 164 valence electrons. The topological polar surface area (TPSA) is 73.6 Å². The Hall–Kier alpha value is -2.79. The molecule has 8 heteroatoms. The van der Waals surface area contributed by atoms with Crippen molar-refractivity contribution in [2.45, 2.75) is 18.6 Å². The summed E-state index contributed by atoms with van der Waals surface area (Å²) in [6, 6.07) is 16.9. The minimum atomic E-state index is -0.468. The van der Waals surface area contributed by atoms with Crippen LogP contribution >= 0.6 is 23.4 Å². The zero-order valence-corrected chi connectivity index (χ0v) is 19.2. The first-order valence-electron chi connectivity index (χ1n) is 10.3. The first kappa shape index (κ1) is 22.4. The molecule has 2 heterocycles. The summed E-state index contributed by atoms with van der Waals surface area (Å²) in [7, 11) is 0. The van der Waals surface area contributed by atoms with Crippen molar-refractivity contribution in [3.63, 3.8) is 0 Å². The average molecular weight is 468 g/mol. The number of hydrogen-bond donors (Lipinski definition) is 0. The highest BCUT2D eigenvalue weighted by molar-refractivity contribution is 8.05. The lowest BCUT2D eigenvalue weighted by molar-refractivity contribution is -0.130. The van der Waals surface area contributed by atoms with Crippen molar-refractivity contribution in [1.82, 2.24) is 4.90 Å². The van der Waals surface area contributed by atoms with Gasteiger partial charge in [0, 0.05) is 23.8 Å². The van der Waals surface area contributed by atoms with Crippen LogP contribution in [-0.4, -0.2) is 48.3 Å². The van der Waals surface area contributed by atoms with Gasteiger partial charge in [0.05, 0.1) is 18.5 Å². The van der Waals surface area contributed by atoms with Crippen LogP contribution in [0.1, 0.15) is 11.1 Å². The number of rotatable bonds is 4. The van der Waals surface area contributed by atoms with Crippen molar-refractivity contribution in [1.29, 1.82) is 5.26 Å². The van der Waals surface area contributed by atoms with Crippen molar-refractivity contribution in [3.05, 3.63) is 75.3 Å². The number of ether oxygens (including phenoxy) is 1. The number of nitrogens with zero attached hydrogens (tertiary/aromatic N) is 3. The third-order valence-electron chi connectivity index (χ3n) is 5.46. The molecule has 2 aliphatic rings. The Labute approximate surface area is 196 Å². The summed E-state index contributed by atoms with van der Waals surface area (Å²) in [4.78, 5) is 29.8. The lowest BCUT2D eigenvalue weighted by Crippen LogP contribution is -2.42.